The number of alkyl halides is 3. The van der Waals surface area contributed by atoms with Crippen molar-refractivity contribution in [1.82, 2.24) is 4.90 Å². The van der Waals surface area contributed by atoms with Crippen molar-refractivity contribution in [3.8, 4) is 0 Å². The molecule has 1 heterocycles. The third kappa shape index (κ3) is 2.40. The highest BCUT2D eigenvalue weighted by molar-refractivity contribution is 5.82. The van der Waals surface area contributed by atoms with Gasteiger partial charge in [-0.05, 0) is 0 Å². The highest BCUT2D eigenvalue weighted by Gasteiger charge is 2.45. The van der Waals surface area contributed by atoms with Crippen molar-refractivity contribution in [2.75, 3.05) is 13.1 Å². The maximum absolute atomic E-state index is 12.1. The molecule has 5 heteroatoms. The summed E-state index contributed by atoms with van der Waals surface area (Å²) in [6, 6.07) is 0. The Morgan fingerprint density at radius 3 is 1.87 bits per heavy atom. The summed E-state index contributed by atoms with van der Waals surface area (Å²) < 4.78 is 36.4. The van der Waals surface area contributed by atoms with Crippen LogP contribution in [0.25, 0.3) is 0 Å². The molecule has 0 saturated carbocycles. The molecular formula is C10H12F3NO. The van der Waals surface area contributed by atoms with Crippen LogP contribution < -0.4 is 0 Å². The summed E-state index contributed by atoms with van der Waals surface area (Å²) in [5.74, 6) is -2.04. The van der Waals surface area contributed by atoms with Crippen LogP contribution in [0.2, 0.25) is 0 Å². The highest BCUT2D eigenvalue weighted by atomic mass is 19.4. The van der Waals surface area contributed by atoms with Crippen LogP contribution in [0.15, 0.2) is 25.3 Å². The lowest BCUT2D eigenvalue weighted by atomic mass is 9.97. The molecule has 0 spiro atoms. The van der Waals surface area contributed by atoms with Crippen molar-refractivity contribution in [1.29, 1.82) is 0 Å². The van der Waals surface area contributed by atoms with Gasteiger partial charge in [-0.2, -0.15) is 13.2 Å². The van der Waals surface area contributed by atoms with E-state index in [-0.39, 0.29) is 24.9 Å². The predicted octanol–water partition coefficient (Wildman–Crippen LogP) is 2.00. The molecule has 15 heavy (non-hydrogen) atoms. The number of rotatable bonds is 2. The molecule has 1 fully saturated rings. The van der Waals surface area contributed by atoms with E-state index < -0.39 is 12.1 Å². The van der Waals surface area contributed by atoms with E-state index in [1.807, 2.05) is 0 Å². The normalized spacial score (nSPS) is 26.5. The molecule has 1 saturated heterocycles. The largest absolute Gasteiger partial charge is 0.471 e. The zero-order valence-electron chi connectivity index (χ0n) is 8.13. The Hall–Kier alpha value is -1.26. The molecule has 0 aromatic rings. The molecule has 0 aromatic heterocycles. The molecule has 84 valence electrons. The van der Waals surface area contributed by atoms with E-state index >= 15 is 0 Å². The first kappa shape index (κ1) is 11.8. The van der Waals surface area contributed by atoms with Gasteiger partial charge in [-0.3, -0.25) is 4.79 Å². The number of hydrogen-bond donors (Lipinski definition) is 0. The van der Waals surface area contributed by atoms with Gasteiger partial charge in [0.2, 0.25) is 0 Å². The molecule has 0 N–H and O–H groups in total. The van der Waals surface area contributed by atoms with Crippen LogP contribution in [-0.2, 0) is 4.79 Å². The van der Waals surface area contributed by atoms with Crippen molar-refractivity contribution in [3.63, 3.8) is 0 Å². The summed E-state index contributed by atoms with van der Waals surface area (Å²) in [4.78, 5) is 11.7. The van der Waals surface area contributed by atoms with Crippen LogP contribution >= 0.6 is 0 Å². The van der Waals surface area contributed by atoms with Crippen LogP contribution in [0.4, 0.5) is 13.2 Å². The van der Waals surface area contributed by atoms with Crippen molar-refractivity contribution in [3.05, 3.63) is 25.3 Å². The van der Waals surface area contributed by atoms with E-state index in [2.05, 4.69) is 13.2 Å². The third-order valence-electron chi connectivity index (χ3n) is 2.55. The fourth-order valence-corrected chi connectivity index (χ4v) is 1.70. The lowest BCUT2D eigenvalue weighted by molar-refractivity contribution is -0.184. The number of amides is 1. The molecular weight excluding hydrogens is 207 g/mol. The molecule has 1 aliphatic heterocycles. The Bertz CT molecular complexity index is 269. The van der Waals surface area contributed by atoms with E-state index in [9.17, 15) is 18.0 Å². The topological polar surface area (TPSA) is 20.3 Å². The first-order valence-corrected chi connectivity index (χ1v) is 4.51. The molecule has 1 rings (SSSR count). The number of likely N-dealkylation sites (tertiary alicyclic amines) is 1. The average molecular weight is 219 g/mol. The van der Waals surface area contributed by atoms with E-state index in [1.54, 1.807) is 12.2 Å². The van der Waals surface area contributed by atoms with Crippen molar-refractivity contribution >= 4 is 5.91 Å². The van der Waals surface area contributed by atoms with Gasteiger partial charge in [-0.25, -0.2) is 0 Å². The van der Waals surface area contributed by atoms with E-state index in [1.165, 1.54) is 0 Å². The molecule has 0 aliphatic carbocycles. The molecule has 1 amide bonds. The van der Waals surface area contributed by atoms with E-state index in [0.717, 1.165) is 4.90 Å². The monoisotopic (exact) mass is 219 g/mol. The lowest BCUT2D eigenvalue weighted by Crippen LogP contribution is -2.39. The van der Waals surface area contributed by atoms with Crippen molar-refractivity contribution in [2.24, 2.45) is 11.8 Å². The number of carbonyl (C=O) groups excluding carboxylic acids is 1. The summed E-state index contributed by atoms with van der Waals surface area (Å²) >= 11 is 0. The quantitative estimate of drug-likeness (QED) is 0.650. The van der Waals surface area contributed by atoms with Crippen molar-refractivity contribution in [2.45, 2.75) is 6.18 Å². The van der Waals surface area contributed by atoms with Crippen molar-refractivity contribution < 1.29 is 18.0 Å². The Labute approximate surface area is 86.1 Å². The minimum Gasteiger partial charge on any atom is -0.334 e. The fourth-order valence-electron chi connectivity index (χ4n) is 1.70. The zero-order chi connectivity index (χ0) is 11.6. The van der Waals surface area contributed by atoms with E-state index in [0.29, 0.717) is 0 Å². The van der Waals surface area contributed by atoms with Gasteiger partial charge in [0.25, 0.3) is 0 Å². The number of halogens is 3. The molecule has 0 radical (unpaired) electrons. The molecule has 2 atom stereocenters. The second kappa shape index (κ2) is 4.08. The van der Waals surface area contributed by atoms with Gasteiger partial charge in [-0.15, -0.1) is 13.2 Å². The molecule has 0 unspecified atom stereocenters. The van der Waals surface area contributed by atoms with Crippen LogP contribution in [-0.4, -0.2) is 30.1 Å². The molecule has 1 aliphatic rings. The highest BCUT2D eigenvalue weighted by Crippen LogP contribution is 2.29. The summed E-state index contributed by atoms with van der Waals surface area (Å²) in [6.45, 7) is 7.20. The minimum atomic E-state index is -4.79. The zero-order valence-corrected chi connectivity index (χ0v) is 8.13. The van der Waals surface area contributed by atoms with Gasteiger partial charge in [0.1, 0.15) is 0 Å². The van der Waals surface area contributed by atoms with Gasteiger partial charge >= 0.3 is 12.1 Å². The third-order valence-corrected chi connectivity index (χ3v) is 2.55. The number of carbonyl (C=O) groups is 1. The van der Waals surface area contributed by atoms with Gasteiger partial charge in [0.15, 0.2) is 0 Å². The van der Waals surface area contributed by atoms with Crippen LogP contribution in [0.5, 0.6) is 0 Å². The summed E-state index contributed by atoms with van der Waals surface area (Å²) in [5, 5.41) is 0. The van der Waals surface area contributed by atoms with Gasteiger partial charge in [-0.1, -0.05) is 12.2 Å². The second-order valence-electron chi connectivity index (χ2n) is 3.51. The van der Waals surface area contributed by atoms with Crippen LogP contribution in [0.1, 0.15) is 0 Å². The van der Waals surface area contributed by atoms with E-state index in [4.69, 9.17) is 0 Å². The Morgan fingerprint density at radius 1 is 1.20 bits per heavy atom. The molecule has 0 bridgehead atoms. The standard InChI is InChI=1S/C10H12F3NO/c1-3-7-5-14(6-8(7)4-2)9(15)10(11,12)13/h3-4,7-8H,1-2,5-6H2/t7-,8-/m1/s1. The second-order valence-corrected chi connectivity index (χ2v) is 3.51. The maximum atomic E-state index is 12.1. The predicted molar refractivity (Wildman–Crippen MR) is 50.0 cm³/mol. The van der Waals surface area contributed by atoms with Crippen LogP contribution in [0, 0.1) is 11.8 Å². The summed E-state index contributed by atoms with van der Waals surface area (Å²) in [5.41, 5.74) is 0. The van der Waals surface area contributed by atoms with Gasteiger partial charge < -0.3 is 4.90 Å². The van der Waals surface area contributed by atoms with Crippen LogP contribution in [0.3, 0.4) is 0 Å². The Kier molecular flexibility index (Phi) is 3.21. The number of nitrogens with zero attached hydrogens (tertiary/aromatic N) is 1. The number of hydrogen-bond acceptors (Lipinski definition) is 1. The summed E-state index contributed by atoms with van der Waals surface area (Å²) in [6.07, 6.45) is -1.66. The fraction of sp³-hybridized carbons (Fsp3) is 0.500. The Balaban J connectivity index is 2.73. The lowest BCUT2D eigenvalue weighted by Gasteiger charge is -2.17. The first-order valence-electron chi connectivity index (χ1n) is 4.51. The average Bonchev–Trinajstić information content (AvgIpc) is 2.57. The first-order chi connectivity index (χ1) is 6.90. The van der Waals surface area contributed by atoms with Gasteiger partial charge in [0.05, 0.1) is 0 Å². The summed E-state index contributed by atoms with van der Waals surface area (Å²) in [7, 11) is 0. The van der Waals surface area contributed by atoms with Gasteiger partial charge in [0, 0.05) is 24.9 Å². The SMILES string of the molecule is C=C[C@@H]1CN(C(=O)C(F)(F)F)C[C@H]1C=C. The maximum Gasteiger partial charge on any atom is 0.471 e. The smallest absolute Gasteiger partial charge is 0.334 e. The Morgan fingerprint density at radius 2 is 1.60 bits per heavy atom. The molecule has 0 aromatic carbocycles. The minimum absolute atomic E-state index is 0.0680. The molecule has 2 nitrogen and oxygen atoms in total.